The van der Waals surface area contributed by atoms with Crippen molar-refractivity contribution in [2.75, 3.05) is 13.1 Å². The van der Waals surface area contributed by atoms with Crippen LogP contribution in [0.15, 0.2) is 158 Å². The van der Waals surface area contributed by atoms with Gasteiger partial charge in [-0.25, -0.2) is 9.59 Å². The number of unbranched alkanes of at least 4 members (excludes halogenated alkanes) is 3. The van der Waals surface area contributed by atoms with E-state index < -0.39 is 23.0 Å². The van der Waals surface area contributed by atoms with Gasteiger partial charge in [0.1, 0.15) is 11.5 Å². The highest BCUT2D eigenvalue weighted by molar-refractivity contribution is 5.72. The van der Waals surface area contributed by atoms with Crippen molar-refractivity contribution >= 4 is 12.2 Å². The van der Waals surface area contributed by atoms with Crippen LogP contribution in [0.2, 0.25) is 0 Å². The van der Waals surface area contributed by atoms with Gasteiger partial charge in [-0.2, -0.15) is 0 Å². The van der Waals surface area contributed by atoms with Crippen molar-refractivity contribution in [2.45, 2.75) is 103 Å². The fourth-order valence-corrected chi connectivity index (χ4v) is 8.31. The lowest BCUT2D eigenvalue weighted by Gasteiger charge is -2.32. The molecule has 0 heterocycles. The van der Waals surface area contributed by atoms with E-state index in [0.717, 1.165) is 59.1 Å². The second kappa shape index (κ2) is 19.7. The molecule has 0 bridgehead atoms. The molecule has 6 rings (SSSR count). The average molecular weight is 829 g/mol. The molecule has 6 aromatic carbocycles. The zero-order valence-corrected chi connectivity index (χ0v) is 37.9. The summed E-state index contributed by atoms with van der Waals surface area (Å²) in [7, 11) is 0. The molecule has 62 heavy (non-hydrogen) atoms. The molecule has 322 valence electrons. The van der Waals surface area contributed by atoms with E-state index in [0.29, 0.717) is 24.6 Å². The molecule has 0 atom stereocenters. The van der Waals surface area contributed by atoms with Gasteiger partial charge in [0, 0.05) is 45.9 Å². The molecule has 2 N–H and O–H groups in total. The molecule has 6 heteroatoms. The van der Waals surface area contributed by atoms with Gasteiger partial charge < -0.3 is 20.1 Å². The number of rotatable bonds is 17. The van der Waals surface area contributed by atoms with Crippen molar-refractivity contribution in [3.05, 3.63) is 202 Å². The molecule has 6 aromatic rings. The highest BCUT2D eigenvalue weighted by atomic mass is 16.6. The van der Waals surface area contributed by atoms with Gasteiger partial charge in [-0.05, 0) is 58.4 Å². The van der Waals surface area contributed by atoms with Crippen LogP contribution in [-0.2, 0) is 21.7 Å². The lowest BCUT2D eigenvalue weighted by atomic mass is 9.73. The van der Waals surface area contributed by atoms with Crippen LogP contribution in [0.25, 0.3) is 0 Å². The molecular weight excluding hydrogens is 765 g/mol. The molecule has 0 fully saturated rings. The Kier molecular flexibility index (Phi) is 14.4. The van der Waals surface area contributed by atoms with Gasteiger partial charge in [-0.15, -0.1) is 0 Å². The van der Waals surface area contributed by atoms with Crippen LogP contribution < -0.4 is 20.1 Å². The fourth-order valence-electron chi connectivity index (χ4n) is 8.31. The van der Waals surface area contributed by atoms with Gasteiger partial charge in [0.2, 0.25) is 0 Å². The van der Waals surface area contributed by atoms with Crippen molar-refractivity contribution in [2.24, 2.45) is 0 Å². The standard InChI is InChI=1S/C56H64N2O4/c1-53(2,41-25-15-11-16-26-41)45-33-35-49(47(39-45)55(5,6)43-29-19-13-20-30-43)61-51(59)57-37-23-9-10-24-38-58-52(60)62-50-36-34-46(54(3,4)42-27-17-12-18-28-42)40-48(50)56(7,8)44-31-21-14-22-32-44/h11-22,25-36,39-40H,9-10,23-24,37-38H2,1-8H3,(H,57,59)(H,58,60). The molecule has 0 unspecified atom stereocenters. The third kappa shape index (κ3) is 10.7. The maximum Gasteiger partial charge on any atom is 0.412 e. The van der Waals surface area contributed by atoms with Crippen LogP contribution in [-0.4, -0.2) is 25.3 Å². The number of carbonyl (C=O) groups is 2. The Hall–Kier alpha value is -6.14. The summed E-state index contributed by atoms with van der Waals surface area (Å²) in [5.74, 6) is 1.09. The van der Waals surface area contributed by atoms with E-state index in [1.807, 2.05) is 60.7 Å². The van der Waals surface area contributed by atoms with Crippen molar-refractivity contribution < 1.29 is 19.1 Å². The van der Waals surface area contributed by atoms with Crippen molar-refractivity contribution in [3.63, 3.8) is 0 Å². The van der Waals surface area contributed by atoms with Crippen molar-refractivity contribution in [1.29, 1.82) is 0 Å². The predicted octanol–water partition coefficient (Wildman–Crippen LogP) is 13.4. The minimum absolute atomic E-state index is 0.254. The molecule has 0 aliphatic heterocycles. The third-order valence-electron chi connectivity index (χ3n) is 12.8. The van der Waals surface area contributed by atoms with Gasteiger partial charge in [0.05, 0.1) is 0 Å². The van der Waals surface area contributed by atoms with Crippen LogP contribution >= 0.6 is 0 Å². The maximum atomic E-state index is 13.2. The normalized spacial score (nSPS) is 12.1. The van der Waals surface area contributed by atoms with Gasteiger partial charge >= 0.3 is 12.2 Å². The van der Waals surface area contributed by atoms with Crippen LogP contribution in [0, 0.1) is 0 Å². The Bertz CT molecular complexity index is 2220. The van der Waals surface area contributed by atoms with Gasteiger partial charge in [-0.1, -0.05) is 214 Å². The first kappa shape index (κ1) is 45.4. The number of hydrogen-bond donors (Lipinski definition) is 2. The third-order valence-corrected chi connectivity index (χ3v) is 12.8. The van der Waals surface area contributed by atoms with Gasteiger partial charge in [-0.3, -0.25) is 0 Å². The Morgan fingerprint density at radius 2 is 0.661 bits per heavy atom. The molecule has 0 saturated carbocycles. The van der Waals surface area contributed by atoms with E-state index in [1.165, 1.54) is 11.1 Å². The van der Waals surface area contributed by atoms with Crippen LogP contribution in [0.4, 0.5) is 9.59 Å². The molecule has 0 saturated heterocycles. The smallest absolute Gasteiger partial charge is 0.410 e. The maximum absolute atomic E-state index is 13.2. The second-order valence-corrected chi connectivity index (χ2v) is 18.4. The number of amides is 2. The Balaban J connectivity index is 1.01. The monoisotopic (exact) mass is 828 g/mol. The largest absolute Gasteiger partial charge is 0.412 e. The number of ether oxygens (including phenoxy) is 2. The van der Waals surface area contributed by atoms with E-state index in [2.05, 4.69) is 163 Å². The number of hydrogen-bond acceptors (Lipinski definition) is 4. The van der Waals surface area contributed by atoms with E-state index in [9.17, 15) is 9.59 Å². The Morgan fingerprint density at radius 1 is 0.371 bits per heavy atom. The minimum atomic E-state index is -0.471. The Morgan fingerprint density at radius 3 is 0.968 bits per heavy atom. The highest BCUT2D eigenvalue weighted by Gasteiger charge is 2.33. The quantitative estimate of drug-likeness (QED) is 0.0898. The van der Waals surface area contributed by atoms with Gasteiger partial charge in [0.15, 0.2) is 0 Å². The molecule has 0 aromatic heterocycles. The molecule has 2 amide bonds. The van der Waals surface area contributed by atoms with Crippen molar-refractivity contribution in [1.82, 2.24) is 10.6 Å². The first-order valence-electron chi connectivity index (χ1n) is 22.1. The zero-order valence-electron chi connectivity index (χ0n) is 37.9. The first-order chi connectivity index (χ1) is 29.6. The minimum Gasteiger partial charge on any atom is -0.410 e. The predicted molar refractivity (Wildman–Crippen MR) is 254 cm³/mol. The molecular formula is C56H64N2O4. The SMILES string of the molecule is CC(C)(c1ccccc1)c1ccc(OC(=O)NCCCCCCNC(=O)Oc2ccc(C(C)(C)c3ccccc3)cc2C(C)(C)c2ccccc2)c(C(C)(C)c2ccccc2)c1. The zero-order chi connectivity index (χ0) is 44.4. The summed E-state index contributed by atoms with van der Waals surface area (Å²) < 4.78 is 12.1. The summed E-state index contributed by atoms with van der Waals surface area (Å²) in [5.41, 5.74) is 7.54. The van der Waals surface area contributed by atoms with E-state index in [4.69, 9.17) is 9.47 Å². The number of carbonyl (C=O) groups excluding carboxylic acids is 2. The molecule has 6 nitrogen and oxygen atoms in total. The lowest BCUT2D eigenvalue weighted by molar-refractivity contribution is 0.198. The second-order valence-electron chi connectivity index (χ2n) is 18.4. The number of nitrogens with one attached hydrogen (secondary N) is 2. The van der Waals surface area contributed by atoms with Crippen LogP contribution in [0.1, 0.15) is 126 Å². The summed E-state index contributed by atoms with van der Waals surface area (Å²) in [6, 6.07) is 54.0. The average Bonchev–Trinajstić information content (AvgIpc) is 3.28. The van der Waals surface area contributed by atoms with Crippen LogP contribution in [0.5, 0.6) is 11.5 Å². The summed E-state index contributed by atoms with van der Waals surface area (Å²) in [6.45, 7) is 18.6. The van der Waals surface area contributed by atoms with Gasteiger partial charge in [0.25, 0.3) is 0 Å². The topological polar surface area (TPSA) is 76.7 Å². The molecule has 0 spiro atoms. The summed E-state index contributed by atoms with van der Waals surface area (Å²) in [6.07, 6.45) is 2.41. The summed E-state index contributed by atoms with van der Waals surface area (Å²) >= 11 is 0. The van der Waals surface area contributed by atoms with Crippen LogP contribution in [0.3, 0.4) is 0 Å². The number of benzene rings is 6. The van der Waals surface area contributed by atoms with Crippen molar-refractivity contribution in [3.8, 4) is 11.5 Å². The van der Waals surface area contributed by atoms with E-state index >= 15 is 0 Å². The first-order valence-corrected chi connectivity index (χ1v) is 22.1. The molecule has 0 radical (unpaired) electrons. The highest BCUT2D eigenvalue weighted by Crippen LogP contribution is 2.43. The molecule has 0 aliphatic rings. The fraction of sp³-hybridized carbons (Fsp3) is 0.321. The summed E-state index contributed by atoms with van der Waals surface area (Å²) in [4.78, 5) is 26.4. The molecule has 0 aliphatic carbocycles. The van der Waals surface area contributed by atoms with E-state index in [1.54, 1.807) is 0 Å². The van der Waals surface area contributed by atoms with E-state index in [-0.39, 0.29) is 10.8 Å². The Labute approximate surface area is 370 Å². The lowest BCUT2D eigenvalue weighted by Crippen LogP contribution is -2.30. The summed E-state index contributed by atoms with van der Waals surface area (Å²) in [5, 5.41) is 5.91.